The minimum atomic E-state index is 0.104. The molecule has 1 atom stereocenters. The van der Waals surface area contributed by atoms with Crippen molar-refractivity contribution in [3.05, 3.63) is 35.2 Å². The normalized spacial score (nSPS) is 22.6. The Balaban J connectivity index is 1.74. The minimum absolute atomic E-state index is 0.104. The van der Waals surface area contributed by atoms with Crippen molar-refractivity contribution in [2.24, 2.45) is 11.1 Å². The molecule has 3 nitrogen and oxygen atoms in total. The maximum absolute atomic E-state index is 12.4. The van der Waals surface area contributed by atoms with E-state index in [1.807, 2.05) is 17.0 Å². The van der Waals surface area contributed by atoms with E-state index in [1.54, 1.807) is 11.3 Å². The lowest BCUT2D eigenvalue weighted by atomic mass is 9.90. The second-order valence-corrected chi connectivity index (χ2v) is 6.93. The molecule has 0 bridgehead atoms. The van der Waals surface area contributed by atoms with Crippen molar-refractivity contribution >= 4 is 27.3 Å². The summed E-state index contributed by atoms with van der Waals surface area (Å²) in [6.07, 6.45) is 1.52. The predicted octanol–water partition coefficient (Wildman–Crippen LogP) is 2.64. The smallest absolute Gasteiger partial charge is 0.227 e. The summed E-state index contributed by atoms with van der Waals surface area (Å²) in [5.41, 5.74) is 7.06. The summed E-state index contributed by atoms with van der Waals surface area (Å²) < 4.78 is 1.25. The Bertz CT molecular complexity index is 636. The molecule has 2 N–H and O–H groups in total. The minimum Gasteiger partial charge on any atom is -0.342 e. The van der Waals surface area contributed by atoms with Gasteiger partial charge in [0.05, 0.1) is 6.42 Å². The molecule has 1 unspecified atom stereocenters. The molecule has 0 radical (unpaired) electrons. The number of hydrogen-bond donors (Lipinski definition) is 1. The van der Waals surface area contributed by atoms with Crippen LogP contribution in [0.2, 0.25) is 0 Å². The fraction of sp³-hybridized carbons (Fsp3) is 0.438. The van der Waals surface area contributed by atoms with Gasteiger partial charge in [-0.15, -0.1) is 11.3 Å². The number of rotatable bonds is 3. The number of carbonyl (C=O) groups excluding carboxylic acids is 1. The monoisotopic (exact) mass is 288 g/mol. The topological polar surface area (TPSA) is 46.3 Å². The van der Waals surface area contributed by atoms with Crippen molar-refractivity contribution in [2.45, 2.75) is 19.8 Å². The first-order chi connectivity index (χ1) is 9.61. The van der Waals surface area contributed by atoms with Crippen LogP contribution < -0.4 is 5.73 Å². The van der Waals surface area contributed by atoms with Gasteiger partial charge in [0.25, 0.3) is 0 Å². The van der Waals surface area contributed by atoms with E-state index in [0.717, 1.165) is 25.1 Å². The molecule has 3 rings (SSSR count). The Hall–Kier alpha value is -1.39. The quantitative estimate of drug-likeness (QED) is 0.943. The number of nitrogens with zero attached hydrogens (tertiary/aromatic N) is 1. The molecule has 1 saturated heterocycles. The third kappa shape index (κ3) is 2.45. The van der Waals surface area contributed by atoms with E-state index in [4.69, 9.17) is 5.73 Å². The van der Waals surface area contributed by atoms with Gasteiger partial charge in [-0.2, -0.15) is 0 Å². The van der Waals surface area contributed by atoms with Gasteiger partial charge in [0.1, 0.15) is 0 Å². The number of carbonyl (C=O) groups is 1. The van der Waals surface area contributed by atoms with E-state index in [1.165, 1.54) is 10.1 Å². The van der Waals surface area contributed by atoms with Crippen LogP contribution in [0, 0.1) is 5.41 Å². The van der Waals surface area contributed by atoms with Crippen LogP contribution in [0.5, 0.6) is 0 Å². The van der Waals surface area contributed by atoms with Crippen molar-refractivity contribution in [3.63, 3.8) is 0 Å². The Kier molecular flexibility index (Phi) is 3.52. The highest BCUT2D eigenvalue weighted by atomic mass is 32.1. The third-order valence-corrected chi connectivity index (χ3v) is 5.32. The van der Waals surface area contributed by atoms with Crippen molar-refractivity contribution in [3.8, 4) is 0 Å². The Morgan fingerprint density at radius 3 is 3.00 bits per heavy atom. The van der Waals surface area contributed by atoms with Gasteiger partial charge in [0.15, 0.2) is 0 Å². The molecule has 1 aliphatic rings. The van der Waals surface area contributed by atoms with Gasteiger partial charge in [0.2, 0.25) is 5.91 Å². The van der Waals surface area contributed by atoms with Crippen LogP contribution in [0.25, 0.3) is 10.1 Å². The van der Waals surface area contributed by atoms with E-state index in [9.17, 15) is 4.79 Å². The maximum Gasteiger partial charge on any atom is 0.227 e. The molecule has 2 aromatic rings. The Morgan fingerprint density at radius 2 is 2.25 bits per heavy atom. The molecule has 1 fully saturated rings. The molecule has 1 aromatic carbocycles. The number of thiophene rings is 1. The SMILES string of the molecule is CC1(CN)CCN(C(=O)Cc2csc3ccccc23)C1. The van der Waals surface area contributed by atoms with Crippen LogP contribution in [-0.4, -0.2) is 30.4 Å². The summed E-state index contributed by atoms with van der Waals surface area (Å²) in [5, 5.41) is 3.33. The van der Waals surface area contributed by atoms with Gasteiger partial charge >= 0.3 is 0 Å². The van der Waals surface area contributed by atoms with Crippen LogP contribution in [0.15, 0.2) is 29.6 Å². The average molecular weight is 288 g/mol. The summed E-state index contributed by atoms with van der Waals surface area (Å²) in [6, 6.07) is 8.28. The fourth-order valence-corrected chi connectivity index (χ4v) is 3.81. The molecule has 4 heteroatoms. The molecule has 0 spiro atoms. The molecular weight excluding hydrogens is 268 g/mol. The van der Waals surface area contributed by atoms with Crippen LogP contribution in [-0.2, 0) is 11.2 Å². The van der Waals surface area contributed by atoms with Crippen LogP contribution >= 0.6 is 11.3 Å². The molecule has 1 aromatic heterocycles. The summed E-state index contributed by atoms with van der Waals surface area (Å²) >= 11 is 1.71. The molecule has 0 aliphatic carbocycles. The summed E-state index contributed by atoms with van der Waals surface area (Å²) in [4.78, 5) is 14.4. The van der Waals surface area contributed by atoms with Crippen LogP contribution in [0.3, 0.4) is 0 Å². The van der Waals surface area contributed by atoms with Crippen molar-refractivity contribution < 1.29 is 4.79 Å². The van der Waals surface area contributed by atoms with E-state index in [-0.39, 0.29) is 11.3 Å². The van der Waals surface area contributed by atoms with E-state index < -0.39 is 0 Å². The molecule has 106 valence electrons. The Morgan fingerprint density at radius 1 is 1.45 bits per heavy atom. The second kappa shape index (κ2) is 5.19. The van der Waals surface area contributed by atoms with Gasteiger partial charge in [-0.3, -0.25) is 4.79 Å². The lowest BCUT2D eigenvalue weighted by molar-refractivity contribution is -0.129. The van der Waals surface area contributed by atoms with Gasteiger partial charge in [-0.25, -0.2) is 0 Å². The molecule has 2 heterocycles. The standard InChI is InChI=1S/C16H20N2OS/c1-16(10-17)6-7-18(11-16)15(19)8-12-9-20-14-5-3-2-4-13(12)14/h2-5,9H,6-8,10-11,17H2,1H3. The number of benzene rings is 1. The van der Waals surface area contributed by atoms with E-state index >= 15 is 0 Å². The number of amides is 1. The Labute approximate surface area is 123 Å². The summed E-state index contributed by atoms with van der Waals surface area (Å²) in [5.74, 6) is 0.228. The molecule has 1 aliphatic heterocycles. The number of hydrogen-bond acceptors (Lipinski definition) is 3. The molecular formula is C16H20N2OS. The molecule has 20 heavy (non-hydrogen) atoms. The van der Waals surface area contributed by atoms with Crippen molar-refractivity contribution in [1.29, 1.82) is 0 Å². The fourth-order valence-electron chi connectivity index (χ4n) is 2.85. The zero-order chi connectivity index (χ0) is 14.2. The highest BCUT2D eigenvalue weighted by molar-refractivity contribution is 7.17. The third-order valence-electron chi connectivity index (χ3n) is 4.31. The first-order valence-electron chi connectivity index (χ1n) is 7.04. The first kappa shape index (κ1) is 13.6. The first-order valence-corrected chi connectivity index (χ1v) is 7.92. The average Bonchev–Trinajstić information content (AvgIpc) is 3.04. The van der Waals surface area contributed by atoms with E-state index in [0.29, 0.717) is 13.0 Å². The van der Waals surface area contributed by atoms with Gasteiger partial charge < -0.3 is 10.6 Å². The lowest BCUT2D eigenvalue weighted by Crippen LogP contribution is -2.35. The second-order valence-electron chi connectivity index (χ2n) is 6.01. The zero-order valence-electron chi connectivity index (χ0n) is 11.8. The van der Waals surface area contributed by atoms with Crippen LogP contribution in [0.1, 0.15) is 18.9 Å². The van der Waals surface area contributed by atoms with Gasteiger partial charge in [0, 0.05) is 17.8 Å². The highest BCUT2D eigenvalue weighted by Gasteiger charge is 2.34. The van der Waals surface area contributed by atoms with Crippen molar-refractivity contribution in [1.82, 2.24) is 4.90 Å². The maximum atomic E-state index is 12.4. The zero-order valence-corrected chi connectivity index (χ0v) is 12.6. The van der Waals surface area contributed by atoms with Crippen molar-refractivity contribution in [2.75, 3.05) is 19.6 Å². The number of fused-ring (bicyclic) bond motifs is 1. The van der Waals surface area contributed by atoms with Gasteiger partial charge in [-0.1, -0.05) is 25.1 Å². The highest BCUT2D eigenvalue weighted by Crippen LogP contribution is 2.30. The molecule has 0 saturated carbocycles. The number of likely N-dealkylation sites (tertiary alicyclic amines) is 1. The summed E-state index contributed by atoms with van der Waals surface area (Å²) in [7, 11) is 0. The predicted molar refractivity (Wildman–Crippen MR) is 83.9 cm³/mol. The lowest BCUT2D eigenvalue weighted by Gasteiger charge is -2.22. The summed E-state index contributed by atoms with van der Waals surface area (Å²) in [6.45, 7) is 4.46. The van der Waals surface area contributed by atoms with Crippen LogP contribution in [0.4, 0.5) is 0 Å². The molecule has 1 amide bonds. The van der Waals surface area contributed by atoms with Gasteiger partial charge in [-0.05, 0) is 40.8 Å². The largest absolute Gasteiger partial charge is 0.342 e. The number of nitrogens with two attached hydrogens (primary N) is 1. The van der Waals surface area contributed by atoms with E-state index in [2.05, 4.69) is 24.4 Å².